The van der Waals surface area contributed by atoms with Crippen LogP contribution in [0.2, 0.25) is 18.1 Å². The summed E-state index contributed by atoms with van der Waals surface area (Å²) in [6.07, 6.45) is 0. The molecular weight excluding hydrogens is 290 g/mol. The van der Waals surface area contributed by atoms with Crippen molar-refractivity contribution in [1.29, 1.82) is 0 Å². The first-order chi connectivity index (χ1) is 7.15. The summed E-state index contributed by atoms with van der Waals surface area (Å²) in [5.74, 6) is 0. The van der Waals surface area contributed by atoms with Crippen LogP contribution in [-0.4, -0.2) is 13.3 Å². The van der Waals surface area contributed by atoms with Gasteiger partial charge in [0.1, 0.15) is 9.61 Å². The van der Waals surface area contributed by atoms with Crippen molar-refractivity contribution >= 4 is 35.6 Å². The predicted octanol–water partition coefficient (Wildman–Crippen LogP) is 4.43. The summed E-state index contributed by atoms with van der Waals surface area (Å²) in [4.78, 5) is 4.35. The molecule has 2 nitrogen and oxygen atoms in total. The van der Waals surface area contributed by atoms with Crippen LogP contribution in [0.5, 0.6) is 0 Å². The molecule has 0 saturated heterocycles. The summed E-state index contributed by atoms with van der Waals surface area (Å²) in [5, 5.41) is 3.08. The molecule has 0 bridgehead atoms. The zero-order valence-corrected chi connectivity index (χ0v) is 12.9. The first-order valence-electron chi connectivity index (χ1n) is 5.39. The van der Waals surface area contributed by atoms with E-state index in [0.717, 1.165) is 9.61 Å². The number of rotatable bonds is 6. The van der Waals surface area contributed by atoms with E-state index in [1.165, 1.54) is 18.1 Å². The number of halogens is 1. The van der Waals surface area contributed by atoms with Crippen molar-refractivity contribution in [2.75, 3.05) is 0 Å². The van der Waals surface area contributed by atoms with E-state index in [9.17, 15) is 0 Å². The van der Waals surface area contributed by atoms with E-state index in [2.05, 4.69) is 41.7 Å². The highest BCUT2D eigenvalue weighted by Gasteiger charge is 2.28. The smallest absolute Gasteiger partial charge is 0.192 e. The Balaban J connectivity index is 2.54. The Kier molecular flexibility index (Phi) is 5.46. The van der Waals surface area contributed by atoms with Gasteiger partial charge < -0.3 is 4.43 Å². The Morgan fingerprint density at radius 1 is 1.33 bits per heavy atom. The number of thiazole rings is 1. The van der Waals surface area contributed by atoms with E-state index in [1.807, 2.05) is 5.38 Å². The van der Waals surface area contributed by atoms with Gasteiger partial charge >= 0.3 is 0 Å². The van der Waals surface area contributed by atoms with E-state index < -0.39 is 8.32 Å². The lowest BCUT2D eigenvalue weighted by Gasteiger charge is -2.27. The van der Waals surface area contributed by atoms with Gasteiger partial charge in [0.25, 0.3) is 0 Å². The molecule has 86 valence electrons. The Hall–Kier alpha value is 0.287. The molecular formula is C10H18BrNOSSi. The molecule has 1 aromatic heterocycles. The fourth-order valence-electron chi connectivity index (χ4n) is 1.63. The molecule has 0 aliphatic carbocycles. The summed E-state index contributed by atoms with van der Waals surface area (Å²) < 4.78 is 7.06. The first kappa shape index (κ1) is 13.4. The molecule has 0 spiro atoms. The molecule has 15 heavy (non-hydrogen) atoms. The Morgan fingerprint density at radius 2 is 1.93 bits per heavy atom. The highest BCUT2D eigenvalue weighted by atomic mass is 79.9. The van der Waals surface area contributed by atoms with Crippen molar-refractivity contribution in [2.24, 2.45) is 0 Å². The Labute approximate surface area is 105 Å². The third-order valence-electron chi connectivity index (χ3n) is 2.96. The van der Waals surface area contributed by atoms with Crippen LogP contribution in [0.25, 0.3) is 0 Å². The van der Waals surface area contributed by atoms with Crippen LogP contribution in [0, 0.1) is 0 Å². The van der Waals surface area contributed by atoms with Crippen LogP contribution in [0.1, 0.15) is 25.8 Å². The van der Waals surface area contributed by atoms with Crippen molar-refractivity contribution < 1.29 is 4.43 Å². The molecule has 0 aliphatic heterocycles. The van der Waals surface area contributed by atoms with E-state index in [4.69, 9.17) is 4.43 Å². The second kappa shape index (κ2) is 6.13. The molecule has 0 N–H and O–H groups in total. The fraction of sp³-hybridized carbons (Fsp3) is 0.700. The lowest BCUT2D eigenvalue weighted by molar-refractivity contribution is 0.286. The second-order valence-electron chi connectivity index (χ2n) is 3.60. The van der Waals surface area contributed by atoms with E-state index in [1.54, 1.807) is 11.3 Å². The molecule has 0 aliphatic rings. The van der Waals surface area contributed by atoms with Gasteiger partial charge in [-0.2, -0.15) is 0 Å². The third-order valence-corrected chi connectivity index (χ3v) is 9.11. The summed E-state index contributed by atoms with van der Waals surface area (Å²) in [6, 6.07) is 3.60. The highest BCUT2D eigenvalue weighted by Crippen LogP contribution is 2.24. The van der Waals surface area contributed by atoms with Crippen LogP contribution in [0.15, 0.2) is 9.98 Å². The van der Waals surface area contributed by atoms with Gasteiger partial charge in [0, 0.05) is 5.38 Å². The average Bonchev–Trinajstić information content (AvgIpc) is 2.67. The predicted molar refractivity (Wildman–Crippen MR) is 71.8 cm³/mol. The topological polar surface area (TPSA) is 22.1 Å². The minimum absolute atomic E-state index is 0.692. The highest BCUT2D eigenvalue weighted by molar-refractivity contribution is 9.10. The molecule has 0 amide bonds. The van der Waals surface area contributed by atoms with E-state index in [-0.39, 0.29) is 0 Å². The van der Waals surface area contributed by atoms with Crippen molar-refractivity contribution in [3.05, 3.63) is 15.0 Å². The summed E-state index contributed by atoms with van der Waals surface area (Å²) in [6.45, 7) is 7.43. The van der Waals surface area contributed by atoms with E-state index in [0.29, 0.717) is 6.61 Å². The van der Waals surface area contributed by atoms with Crippen LogP contribution in [-0.2, 0) is 11.0 Å². The first-order valence-corrected chi connectivity index (χ1v) is 9.60. The normalized spacial score (nSPS) is 12.0. The second-order valence-corrected chi connectivity index (χ2v) is 10.1. The standard InChI is InChI=1S/C10H18BrNOSSi/c1-4-15(5-2,6-3)13-7-10-12-9(11)8-14-10/h8H,4-7H2,1-3H3. The Bertz CT molecular complexity index is 293. The van der Waals surface area contributed by atoms with Gasteiger partial charge in [-0.25, -0.2) is 4.98 Å². The summed E-state index contributed by atoms with van der Waals surface area (Å²) in [7, 11) is -1.44. The van der Waals surface area contributed by atoms with Gasteiger partial charge in [-0.1, -0.05) is 20.8 Å². The maximum atomic E-state index is 6.14. The van der Waals surface area contributed by atoms with Gasteiger partial charge in [-0.3, -0.25) is 0 Å². The number of hydrogen-bond acceptors (Lipinski definition) is 3. The maximum absolute atomic E-state index is 6.14. The number of nitrogens with zero attached hydrogens (tertiary/aromatic N) is 1. The van der Waals surface area contributed by atoms with Gasteiger partial charge in [-0.05, 0) is 34.1 Å². The minimum atomic E-state index is -1.44. The number of hydrogen-bond donors (Lipinski definition) is 0. The fourth-order valence-corrected chi connectivity index (χ4v) is 5.46. The maximum Gasteiger partial charge on any atom is 0.192 e. The zero-order chi connectivity index (χ0) is 11.3. The van der Waals surface area contributed by atoms with Crippen LogP contribution in [0.3, 0.4) is 0 Å². The van der Waals surface area contributed by atoms with Gasteiger partial charge in [0.2, 0.25) is 0 Å². The van der Waals surface area contributed by atoms with Crippen molar-refractivity contribution in [1.82, 2.24) is 4.98 Å². The monoisotopic (exact) mass is 307 g/mol. The molecule has 0 unspecified atom stereocenters. The molecule has 0 fully saturated rings. The molecule has 0 saturated carbocycles. The molecule has 1 aromatic rings. The molecule has 1 heterocycles. The molecule has 0 atom stereocenters. The Morgan fingerprint density at radius 3 is 2.33 bits per heavy atom. The van der Waals surface area contributed by atoms with Crippen molar-refractivity contribution in [3.63, 3.8) is 0 Å². The van der Waals surface area contributed by atoms with Gasteiger partial charge in [-0.15, -0.1) is 11.3 Å². The molecule has 1 rings (SSSR count). The third kappa shape index (κ3) is 3.66. The van der Waals surface area contributed by atoms with Crippen molar-refractivity contribution in [3.8, 4) is 0 Å². The lowest BCUT2D eigenvalue weighted by Crippen LogP contribution is -2.35. The average molecular weight is 308 g/mol. The van der Waals surface area contributed by atoms with Crippen molar-refractivity contribution in [2.45, 2.75) is 45.5 Å². The van der Waals surface area contributed by atoms with Gasteiger partial charge in [0.05, 0.1) is 6.61 Å². The van der Waals surface area contributed by atoms with Crippen LogP contribution in [0.4, 0.5) is 0 Å². The molecule has 0 radical (unpaired) electrons. The SMILES string of the molecule is CC[Si](CC)(CC)OCc1nc(Br)cs1. The summed E-state index contributed by atoms with van der Waals surface area (Å²) >= 11 is 5.02. The zero-order valence-electron chi connectivity index (χ0n) is 9.55. The lowest BCUT2D eigenvalue weighted by atomic mass is 10.8. The van der Waals surface area contributed by atoms with Crippen LogP contribution < -0.4 is 0 Å². The minimum Gasteiger partial charge on any atom is -0.410 e. The summed E-state index contributed by atoms with van der Waals surface area (Å²) in [5.41, 5.74) is 0. The quantitative estimate of drug-likeness (QED) is 0.725. The molecule has 5 heteroatoms. The van der Waals surface area contributed by atoms with Gasteiger partial charge in [0.15, 0.2) is 8.32 Å². The number of aromatic nitrogens is 1. The van der Waals surface area contributed by atoms with E-state index >= 15 is 0 Å². The molecule has 0 aromatic carbocycles. The largest absolute Gasteiger partial charge is 0.410 e. The van der Waals surface area contributed by atoms with Crippen LogP contribution >= 0.6 is 27.3 Å².